The van der Waals surface area contributed by atoms with E-state index in [2.05, 4.69) is 0 Å². The summed E-state index contributed by atoms with van der Waals surface area (Å²) < 4.78 is 0. The number of carbonyl (C=O) groups excluding carboxylic acids is 1. The van der Waals surface area contributed by atoms with E-state index in [1.165, 1.54) is 26.2 Å². The molecule has 1 aliphatic carbocycles. The molecule has 1 amide bonds. The highest BCUT2D eigenvalue weighted by molar-refractivity contribution is 6.01. The summed E-state index contributed by atoms with van der Waals surface area (Å²) in [7, 11) is 0. The van der Waals surface area contributed by atoms with Gasteiger partial charge in [-0.3, -0.25) is 4.79 Å². The summed E-state index contributed by atoms with van der Waals surface area (Å²) in [6, 6.07) is 0. The third kappa shape index (κ3) is 2.21. The maximum absolute atomic E-state index is 12.1. The molecule has 0 radical (unpaired) electrons. The van der Waals surface area contributed by atoms with Crippen LogP contribution in [0.25, 0.3) is 0 Å². The van der Waals surface area contributed by atoms with Crippen LogP contribution in [0.3, 0.4) is 0 Å². The van der Waals surface area contributed by atoms with Crippen LogP contribution < -0.4 is 0 Å². The van der Waals surface area contributed by atoms with Gasteiger partial charge in [0.15, 0.2) is 0 Å². The number of carboxylic acid groups (broad SMARTS) is 1. The molecule has 17 heavy (non-hydrogen) atoms. The number of hydrogen-bond acceptors (Lipinski definition) is 2. The van der Waals surface area contributed by atoms with Crippen molar-refractivity contribution in [1.82, 2.24) is 4.90 Å². The number of rotatable bonds is 2. The van der Waals surface area contributed by atoms with Crippen LogP contribution in [0.4, 0.5) is 0 Å². The average Bonchev–Trinajstić information content (AvgIpc) is 2.85. The van der Waals surface area contributed by atoms with Crippen molar-refractivity contribution in [2.24, 2.45) is 11.8 Å². The zero-order chi connectivity index (χ0) is 12.6. The van der Waals surface area contributed by atoms with Gasteiger partial charge in [0.1, 0.15) is 0 Å². The fourth-order valence-corrected chi connectivity index (χ4v) is 2.96. The first-order valence-electron chi connectivity index (χ1n) is 6.20. The SMILES string of the molecule is CC(C(=O)O)=C(C)C(=O)N1CC2CCCC2C1. The van der Waals surface area contributed by atoms with Crippen LogP contribution in [0.2, 0.25) is 0 Å². The summed E-state index contributed by atoms with van der Waals surface area (Å²) in [4.78, 5) is 24.8. The summed E-state index contributed by atoms with van der Waals surface area (Å²) in [6.45, 7) is 4.73. The summed E-state index contributed by atoms with van der Waals surface area (Å²) in [5.74, 6) is 0.198. The second-order valence-electron chi connectivity index (χ2n) is 5.22. The van der Waals surface area contributed by atoms with E-state index in [4.69, 9.17) is 5.11 Å². The lowest BCUT2D eigenvalue weighted by molar-refractivity contribution is -0.133. The number of aliphatic carboxylic acids is 1. The third-order valence-corrected chi connectivity index (χ3v) is 4.22. The van der Waals surface area contributed by atoms with Crippen molar-refractivity contribution >= 4 is 11.9 Å². The maximum atomic E-state index is 12.1. The van der Waals surface area contributed by atoms with Gasteiger partial charge in [0, 0.05) is 24.2 Å². The molecule has 1 saturated carbocycles. The van der Waals surface area contributed by atoms with Gasteiger partial charge >= 0.3 is 5.97 Å². The smallest absolute Gasteiger partial charge is 0.331 e. The second-order valence-corrected chi connectivity index (χ2v) is 5.22. The van der Waals surface area contributed by atoms with Gasteiger partial charge in [0.2, 0.25) is 5.91 Å². The van der Waals surface area contributed by atoms with E-state index in [1.54, 1.807) is 6.92 Å². The molecule has 1 heterocycles. The second kappa shape index (κ2) is 4.51. The molecular formula is C13H19NO3. The Balaban J connectivity index is 2.07. The largest absolute Gasteiger partial charge is 0.478 e. The Kier molecular flexibility index (Phi) is 3.22. The van der Waals surface area contributed by atoms with Crippen molar-refractivity contribution in [2.45, 2.75) is 33.1 Å². The van der Waals surface area contributed by atoms with Gasteiger partial charge in [-0.15, -0.1) is 0 Å². The number of nitrogens with zero attached hydrogens (tertiary/aromatic N) is 1. The van der Waals surface area contributed by atoms with E-state index in [-0.39, 0.29) is 11.5 Å². The molecule has 94 valence electrons. The zero-order valence-corrected chi connectivity index (χ0v) is 10.4. The van der Waals surface area contributed by atoms with Gasteiger partial charge in [-0.2, -0.15) is 0 Å². The van der Waals surface area contributed by atoms with Gasteiger partial charge in [0.25, 0.3) is 0 Å². The van der Waals surface area contributed by atoms with Crippen molar-refractivity contribution in [2.75, 3.05) is 13.1 Å². The van der Waals surface area contributed by atoms with Crippen LogP contribution in [0.15, 0.2) is 11.1 Å². The Hall–Kier alpha value is -1.32. The Morgan fingerprint density at radius 2 is 1.59 bits per heavy atom. The predicted molar refractivity (Wildman–Crippen MR) is 63.4 cm³/mol. The fourth-order valence-electron chi connectivity index (χ4n) is 2.96. The summed E-state index contributed by atoms with van der Waals surface area (Å²) in [5.41, 5.74) is 0.532. The van der Waals surface area contributed by atoms with E-state index in [9.17, 15) is 9.59 Å². The van der Waals surface area contributed by atoms with E-state index in [0.717, 1.165) is 13.1 Å². The quantitative estimate of drug-likeness (QED) is 0.743. The molecule has 1 saturated heterocycles. The summed E-state index contributed by atoms with van der Waals surface area (Å²) in [5, 5.41) is 8.88. The lowest BCUT2D eigenvalue weighted by Crippen LogP contribution is -2.31. The molecule has 0 aromatic carbocycles. The molecule has 0 spiro atoms. The van der Waals surface area contributed by atoms with Crippen molar-refractivity contribution in [1.29, 1.82) is 0 Å². The van der Waals surface area contributed by atoms with Crippen LogP contribution in [-0.4, -0.2) is 35.0 Å². The molecule has 0 aromatic heterocycles. The zero-order valence-electron chi connectivity index (χ0n) is 10.4. The number of carbonyl (C=O) groups is 2. The molecule has 0 aromatic rings. The molecule has 4 heteroatoms. The highest BCUT2D eigenvalue weighted by atomic mass is 16.4. The van der Waals surface area contributed by atoms with Crippen molar-refractivity contribution < 1.29 is 14.7 Å². The van der Waals surface area contributed by atoms with E-state index in [1.807, 2.05) is 4.90 Å². The van der Waals surface area contributed by atoms with Gasteiger partial charge in [-0.25, -0.2) is 4.79 Å². The maximum Gasteiger partial charge on any atom is 0.331 e. The summed E-state index contributed by atoms with van der Waals surface area (Å²) >= 11 is 0. The van der Waals surface area contributed by atoms with Gasteiger partial charge in [-0.05, 0) is 38.5 Å². The van der Waals surface area contributed by atoms with Gasteiger partial charge in [0.05, 0.1) is 0 Å². The molecule has 0 bridgehead atoms. The Morgan fingerprint density at radius 1 is 1.06 bits per heavy atom. The van der Waals surface area contributed by atoms with E-state index in [0.29, 0.717) is 17.4 Å². The minimum absolute atomic E-state index is 0.0979. The number of carboxylic acids is 1. The Morgan fingerprint density at radius 3 is 2.06 bits per heavy atom. The van der Waals surface area contributed by atoms with E-state index >= 15 is 0 Å². The topological polar surface area (TPSA) is 57.6 Å². The number of amides is 1. The third-order valence-electron chi connectivity index (χ3n) is 4.22. The normalized spacial score (nSPS) is 28.9. The van der Waals surface area contributed by atoms with Crippen molar-refractivity contribution in [3.8, 4) is 0 Å². The van der Waals surface area contributed by atoms with Crippen LogP contribution in [0, 0.1) is 11.8 Å². The molecule has 2 atom stereocenters. The van der Waals surface area contributed by atoms with Crippen LogP contribution in [-0.2, 0) is 9.59 Å². The Labute approximate surface area is 101 Å². The first kappa shape index (κ1) is 12.1. The minimum Gasteiger partial charge on any atom is -0.478 e. The van der Waals surface area contributed by atoms with E-state index < -0.39 is 5.97 Å². The van der Waals surface area contributed by atoms with Gasteiger partial charge in [-0.1, -0.05) is 6.42 Å². The van der Waals surface area contributed by atoms with Crippen LogP contribution in [0.5, 0.6) is 0 Å². The average molecular weight is 237 g/mol. The molecule has 2 unspecified atom stereocenters. The fraction of sp³-hybridized carbons (Fsp3) is 0.692. The first-order chi connectivity index (χ1) is 8.00. The number of fused-ring (bicyclic) bond motifs is 1. The first-order valence-corrected chi connectivity index (χ1v) is 6.20. The number of likely N-dealkylation sites (tertiary alicyclic amines) is 1. The predicted octanol–water partition coefficient (Wildman–Crippen LogP) is 1.67. The van der Waals surface area contributed by atoms with Crippen LogP contribution in [0.1, 0.15) is 33.1 Å². The molecular weight excluding hydrogens is 218 g/mol. The molecule has 1 aliphatic heterocycles. The Bertz CT molecular complexity index is 374. The lowest BCUT2D eigenvalue weighted by Gasteiger charge is -2.18. The molecule has 2 aliphatic rings. The van der Waals surface area contributed by atoms with Crippen molar-refractivity contribution in [3.05, 3.63) is 11.1 Å². The van der Waals surface area contributed by atoms with Gasteiger partial charge < -0.3 is 10.0 Å². The highest BCUT2D eigenvalue weighted by Crippen LogP contribution is 2.38. The highest BCUT2D eigenvalue weighted by Gasteiger charge is 2.38. The molecule has 1 N–H and O–H groups in total. The van der Waals surface area contributed by atoms with Crippen LogP contribution >= 0.6 is 0 Å². The minimum atomic E-state index is -1.00. The molecule has 4 nitrogen and oxygen atoms in total. The molecule has 2 rings (SSSR count). The van der Waals surface area contributed by atoms with Crippen molar-refractivity contribution in [3.63, 3.8) is 0 Å². The lowest BCUT2D eigenvalue weighted by atomic mass is 10.0. The summed E-state index contributed by atoms with van der Waals surface area (Å²) in [6.07, 6.45) is 3.71. The standard InChI is InChI=1S/C13H19NO3/c1-8(9(2)13(16)17)12(15)14-6-10-4-3-5-11(10)7-14/h10-11H,3-7H2,1-2H3,(H,16,17). The molecule has 2 fully saturated rings. The number of hydrogen-bond donors (Lipinski definition) is 1. The monoisotopic (exact) mass is 237 g/mol.